The van der Waals surface area contributed by atoms with Crippen molar-refractivity contribution >= 4 is 17.5 Å². The predicted octanol–water partition coefficient (Wildman–Crippen LogP) is -0.342. The lowest BCUT2D eigenvalue weighted by atomic mass is 10.1. The molecule has 3 N–H and O–H groups in total. The second-order valence-electron chi connectivity index (χ2n) is 4.48. The Kier molecular flexibility index (Phi) is 3.36. The molecule has 1 aromatic carbocycles. The monoisotopic (exact) mass is 287 g/mol. The molecule has 1 aliphatic rings. The van der Waals surface area contributed by atoms with Gasteiger partial charge in [-0.3, -0.25) is 9.59 Å². The number of hydrogen-bond donors (Lipinski definition) is 2. The molecule has 0 bridgehead atoms. The molecule has 21 heavy (non-hydrogen) atoms. The Balaban J connectivity index is 1.92. The number of carbonyl (C=O) groups is 2. The summed E-state index contributed by atoms with van der Waals surface area (Å²) in [7, 11) is 0. The topological polar surface area (TPSA) is 114 Å². The van der Waals surface area contributed by atoms with E-state index in [4.69, 9.17) is 10.3 Å². The average Bonchev–Trinajstić information content (AvgIpc) is 2.99. The first-order valence-corrected chi connectivity index (χ1v) is 6.42. The van der Waals surface area contributed by atoms with Gasteiger partial charge in [0.2, 0.25) is 11.7 Å². The van der Waals surface area contributed by atoms with Gasteiger partial charge in [-0.1, -0.05) is 17.3 Å². The first kappa shape index (κ1) is 13.3. The summed E-state index contributed by atoms with van der Waals surface area (Å²) in [6.45, 7) is 1.01. The highest BCUT2D eigenvalue weighted by Gasteiger charge is 2.27. The van der Waals surface area contributed by atoms with Gasteiger partial charge in [-0.15, -0.1) is 0 Å². The van der Waals surface area contributed by atoms with Crippen molar-refractivity contribution < 1.29 is 14.1 Å². The Morgan fingerprint density at radius 1 is 1.38 bits per heavy atom. The molecule has 1 fully saturated rings. The van der Waals surface area contributed by atoms with Crippen molar-refractivity contribution in [1.82, 2.24) is 15.5 Å². The number of nitrogens with one attached hydrogen (secondary N) is 1. The third-order valence-electron chi connectivity index (χ3n) is 3.12. The highest BCUT2D eigenvalue weighted by molar-refractivity contribution is 6.41. The van der Waals surface area contributed by atoms with Gasteiger partial charge < -0.3 is 20.5 Å². The molecule has 0 saturated carbocycles. The van der Waals surface area contributed by atoms with Gasteiger partial charge in [0.15, 0.2) is 0 Å². The minimum Gasteiger partial charge on any atom is -0.346 e. The first-order chi connectivity index (χ1) is 10.2. The van der Waals surface area contributed by atoms with E-state index in [-0.39, 0.29) is 6.54 Å². The van der Waals surface area contributed by atoms with Crippen LogP contribution in [0.15, 0.2) is 28.8 Å². The molecule has 8 heteroatoms. The van der Waals surface area contributed by atoms with Crippen molar-refractivity contribution in [3.05, 3.63) is 30.2 Å². The molecule has 2 heterocycles. The van der Waals surface area contributed by atoms with Crippen LogP contribution in [-0.2, 0) is 16.1 Å². The normalized spacial score (nSPS) is 15.2. The van der Waals surface area contributed by atoms with Crippen molar-refractivity contribution in [2.45, 2.75) is 6.54 Å². The summed E-state index contributed by atoms with van der Waals surface area (Å²) in [5.41, 5.74) is 6.73. The Labute approximate surface area is 119 Å². The second kappa shape index (κ2) is 5.33. The summed E-state index contributed by atoms with van der Waals surface area (Å²) in [6, 6.07) is 7.05. The van der Waals surface area contributed by atoms with Crippen molar-refractivity contribution in [2.24, 2.45) is 5.73 Å². The van der Waals surface area contributed by atoms with Crippen LogP contribution < -0.4 is 16.0 Å². The molecule has 0 unspecified atom stereocenters. The highest BCUT2D eigenvalue weighted by atomic mass is 16.5. The van der Waals surface area contributed by atoms with Crippen molar-refractivity contribution in [3.63, 3.8) is 0 Å². The maximum Gasteiger partial charge on any atom is 0.316 e. The number of rotatable bonds is 3. The van der Waals surface area contributed by atoms with E-state index in [2.05, 4.69) is 15.5 Å². The van der Waals surface area contributed by atoms with Crippen LogP contribution in [0, 0.1) is 0 Å². The van der Waals surface area contributed by atoms with Crippen molar-refractivity contribution in [2.75, 3.05) is 18.0 Å². The van der Waals surface area contributed by atoms with Gasteiger partial charge in [0.05, 0.1) is 6.54 Å². The molecule has 2 amide bonds. The molecule has 1 saturated heterocycles. The molecule has 2 aromatic rings. The molecule has 8 nitrogen and oxygen atoms in total. The van der Waals surface area contributed by atoms with Gasteiger partial charge in [0.25, 0.3) is 0 Å². The lowest BCUT2D eigenvalue weighted by molar-refractivity contribution is -0.138. The van der Waals surface area contributed by atoms with Gasteiger partial charge in [0.1, 0.15) is 0 Å². The van der Waals surface area contributed by atoms with E-state index < -0.39 is 11.8 Å². The van der Waals surface area contributed by atoms with Crippen LogP contribution in [0.4, 0.5) is 5.69 Å². The lowest BCUT2D eigenvalue weighted by Gasteiger charge is -2.26. The van der Waals surface area contributed by atoms with E-state index in [0.29, 0.717) is 36.1 Å². The first-order valence-electron chi connectivity index (χ1n) is 6.42. The maximum absolute atomic E-state index is 11.9. The molecular formula is C13H13N5O3. The van der Waals surface area contributed by atoms with Crippen LogP contribution in [0.25, 0.3) is 11.4 Å². The van der Waals surface area contributed by atoms with Crippen LogP contribution in [0.5, 0.6) is 0 Å². The fraction of sp³-hybridized carbons (Fsp3) is 0.231. The summed E-state index contributed by atoms with van der Waals surface area (Å²) in [5.74, 6) is -0.444. The number of amides is 2. The predicted molar refractivity (Wildman–Crippen MR) is 73.0 cm³/mol. The van der Waals surface area contributed by atoms with Gasteiger partial charge in [0, 0.05) is 24.3 Å². The van der Waals surface area contributed by atoms with Crippen LogP contribution in [0.1, 0.15) is 5.89 Å². The molecular weight excluding hydrogens is 274 g/mol. The Hall–Kier alpha value is -2.74. The van der Waals surface area contributed by atoms with Crippen LogP contribution in [-0.4, -0.2) is 35.0 Å². The second-order valence-corrected chi connectivity index (χ2v) is 4.48. The lowest BCUT2D eigenvalue weighted by Crippen LogP contribution is -2.52. The summed E-state index contributed by atoms with van der Waals surface area (Å²) < 4.78 is 4.96. The standard InChI is InChI=1S/C13H13N5O3/c14-7-10-16-11(17-21-10)8-2-1-3-9(6-8)18-5-4-15-12(19)13(18)20/h1-3,6H,4-5,7,14H2,(H,15,19). The number of benzene rings is 1. The molecule has 0 aliphatic carbocycles. The van der Waals surface area contributed by atoms with E-state index in [1.807, 2.05) is 0 Å². The Bertz CT molecular complexity index is 697. The SMILES string of the molecule is NCc1nc(-c2cccc(N3CCNC(=O)C3=O)c2)no1. The van der Waals surface area contributed by atoms with Gasteiger partial charge in [-0.25, -0.2) is 0 Å². The molecule has 108 valence electrons. The third-order valence-corrected chi connectivity index (χ3v) is 3.12. The highest BCUT2D eigenvalue weighted by Crippen LogP contribution is 2.23. The summed E-state index contributed by atoms with van der Waals surface area (Å²) in [5, 5.41) is 6.33. The van der Waals surface area contributed by atoms with Crippen LogP contribution >= 0.6 is 0 Å². The zero-order chi connectivity index (χ0) is 14.8. The molecule has 0 atom stereocenters. The molecule has 0 radical (unpaired) electrons. The van der Waals surface area contributed by atoms with Crippen LogP contribution in [0.2, 0.25) is 0 Å². The summed E-state index contributed by atoms with van der Waals surface area (Å²) in [4.78, 5) is 28.8. The Morgan fingerprint density at radius 3 is 3.00 bits per heavy atom. The summed E-state index contributed by atoms with van der Waals surface area (Å²) in [6.07, 6.45) is 0. The minimum atomic E-state index is -0.600. The van der Waals surface area contributed by atoms with E-state index in [1.54, 1.807) is 24.3 Å². The molecule has 1 aromatic heterocycles. The minimum absolute atomic E-state index is 0.164. The number of aromatic nitrogens is 2. The zero-order valence-corrected chi connectivity index (χ0v) is 11.1. The number of nitrogens with zero attached hydrogens (tertiary/aromatic N) is 3. The molecule has 3 rings (SSSR count). The van der Waals surface area contributed by atoms with Crippen LogP contribution in [0.3, 0.4) is 0 Å². The zero-order valence-electron chi connectivity index (χ0n) is 11.1. The number of piperazine rings is 1. The largest absolute Gasteiger partial charge is 0.346 e. The van der Waals surface area contributed by atoms with E-state index in [9.17, 15) is 9.59 Å². The quantitative estimate of drug-likeness (QED) is 0.746. The van der Waals surface area contributed by atoms with Crippen molar-refractivity contribution in [3.8, 4) is 11.4 Å². The van der Waals surface area contributed by atoms with E-state index in [0.717, 1.165) is 0 Å². The molecule has 0 spiro atoms. The fourth-order valence-corrected chi connectivity index (χ4v) is 2.10. The van der Waals surface area contributed by atoms with Gasteiger partial charge in [-0.05, 0) is 12.1 Å². The smallest absolute Gasteiger partial charge is 0.316 e. The number of hydrogen-bond acceptors (Lipinski definition) is 6. The van der Waals surface area contributed by atoms with Gasteiger partial charge in [-0.2, -0.15) is 4.98 Å². The fourth-order valence-electron chi connectivity index (χ4n) is 2.10. The average molecular weight is 287 g/mol. The molecule has 1 aliphatic heterocycles. The maximum atomic E-state index is 11.9. The Morgan fingerprint density at radius 2 is 2.24 bits per heavy atom. The number of carbonyl (C=O) groups excluding carboxylic acids is 2. The van der Waals surface area contributed by atoms with Crippen molar-refractivity contribution in [1.29, 1.82) is 0 Å². The number of anilines is 1. The van der Waals surface area contributed by atoms with Gasteiger partial charge >= 0.3 is 11.8 Å². The van der Waals surface area contributed by atoms with E-state index >= 15 is 0 Å². The third kappa shape index (κ3) is 2.48. The number of nitrogens with two attached hydrogens (primary N) is 1. The summed E-state index contributed by atoms with van der Waals surface area (Å²) >= 11 is 0. The van der Waals surface area contributed by atoms with E-state index in [1.165, 1.54) is 4.90 Å².